The predicted molar refractivity (Wildman–Crippen MR) is 74.1 cm³/mol. The van der Waals surface area contributed by atoms with Crippen molar-refractivity contribution in [3.05, 3.63) is 23.8 Å². The first-order valence-electron chi connectivity index (χ1n) is 6.02. The number of benzene rings is 1. The van der Waals surface area contributed by atoms with Crippen LogP contribution in [-0.4, -0.2) is 36.5 Å². The van der Waals surface area contributed by atoms with E-state index in [0.29, 0.717) is 6.54 Å². The minimum atomic E-state index is -0.0469. The molecule has 0 saturated carbocycles. The second-order valence-electron chi connectivity index (χ2n) is 4.44. The third kappa shape index (κ3) is 2.68. The Hall–Kier alpha value is -1.04. The number of aliphatic hydroxyl groups is 1. The molecule has 0 aromatic heterocycles. The minimum Gasteiger partial charge on any atom is -0.396 e. The Kier molecular flexibility index (Phi) is 4.27. The second kappa shape index (κ2) is 5.73. The monoisotopic (exact) mass is 266 g/mol. The molecule has 2 rings (SSSR count). The summed E-state index contributed by atoms with van der Waals surface area (Å²) in [5.74, 6) is 0.0976. The molecule has 1 aromatic rings. The van der Waals surface area contributed by atoms with Crippen molar-refractivity contribution in [2.24, 2.45) is 0 Å². The van der Waals surface area contributed by atoms with Crippen molar-refractivity contribution in [3.8, 4) is 0 Å². The molecule has 5 heteroatoms. The van der Waals surface area contributed by atoms with E-state index < -0.39 is 0 Å². The summed E-state index contributed by atoms with van der Waals surface area (Å²) in [5.41, 5.74) is 1.90. The molecular weight excluding hydrogens is 248 g/mol. The number of aliphatic hydroxyl groups excluding tert-OH is 1. The van der Waals surface area contributed by atoms with Crippen LogP contribution in [0.1, 0.15) is 18.4 Å². The number of anilines is 1. The molecule has 0 radical (unpaired) electrons. The lowest BCUT2D eigenvalue weighted by molar-refractivity contribution is -0.115. The zero-order valence-corrected chi connectivity index (χ0v) is 11.4. The predicted octanol–water partition coefficient (Wildman–Crippen LogP) is 1.41. The van der Waals surface area contributed by atoms with Crippen LogP contribution in [0, 0.1) is 0 Å². The summed E-state index contributed by atoms with van der Waals surface area (Å²) < 4.78 is 0. The van der Waals surface area contributed by atoms with Gasteiger partial charge in [0.2, 0.25) is 5.91 Å². The molecule has 98 valence electrons. The Bertz CT molecular complexity index is 451. The number of carbonyl (C=O) groups excluding carboxylic acids is 1. The highest BCUT2D eigenvalue weighted by atomic mass is 32.2. The highest BCUT2D eigenvalue weighted by molar-refractivity contribution is 8.00. The van der Waals surface area contributed by atoms with E-state index in [1.54, 1.807) is 11.8 Å². The van der Waals surface area contributed by atoms with Gasteiger partial charge in [0.15, 0.2) is 0 Å². The number of likely N-dealkylation sites (N-methyl/N-ethyl adjacent to an activating group) is 1. The number of amides is 1. The molecule has 3 N–H and O–H groups in total. The van der Waals surface area contributed by atoms with E-state index in [2.05, 4.69) is 10.6 Å². The summed E-state index contributed by atoms with van der Waals surface area (Å²) in [7, 11) is 1.86. The van der Waals surface area contributed by atoms with Gasteiger partial charge in [-0.1, -0.05) is 6.07 Å². The Morgan fingerprint density at radius 2 is 2.33 bits per heavy atom. The second-order valence-corrected chi connectivity index (χ2v) is 5.82. The standard InChI is InChI=1S/C13H18N2O2S/c1-8-13(17)15-11-5-9(3-4-12(11)18-8)10(7-16)6-14-2/h3-5,8,10,14,16H,6-7H2,1-2H3,(H,15,17). The van der Waals surface area contributed by atoms with Crippen LogP contribution in [0.15, 0.2) is 23.1 Å². The molecule has 4 nitrogen and oxygen atoms in total. The number of rotatable bonds is 4. The fraction of sp³-hybridized carbons (Fsp3) is 0.462. The van der Waals surface area contributed by atoms with Crippen LogP contribution in [0.2, 0.25) is 0 Å². The molecule has 0 aliphatic carbocycles. The zero-order valence-electron chi connectivity index (χ0n) is 10.6. The Morgan fingerprint density at radius 1 is 1.56 bits per heavy atom. The molecule has 0 spiro atoms. The van der Waals surface area contributed by atoms with Gasteiger partial charge in [-0.3, -0.25) is 4.79 Å². The van der Waals surface area contributed by atoms with Gasteiger partial charge in [0.1, 0.15) is 0 Å². The van der Waals surface area contributed by atoms with Crippen LogP contribution in [-0.2, 0) is 4.79 Å². The summed E-state index contributed by atoms with van der Waals surface area (Å²) in [4.78, 5) is 12.7. The van der Waals surface area contributed by atoms with Crippen LogP contribution >= 0.6 is 11.8 Å². The molecule has 2 unspecified atom stereocenters. The lowest BCUT2D eigenvalue weighted by Gasteiger charge is -2.23. The zero-order chi connectivity index (χ0) is 13.1. The summed E-state index contributed by atoms with van der Waals surface area (Å²) in [5, 5.41) is 15.3. The van der Waals surface area contributed by atoms with Gasteiger partial charge in [-0.15, -0.1) is 11.8 Å². The molecule has 1 aliphatic rings. The van der Waals surface area contributed by atoms with E-state index in [4.69, 9.17) is 0 Å². The quantitative estimate of drug-likeness (QED) is 0.771. The molecule has 2 atom stereocenters. The third-order valence-corrected chi connectivity index (χ3v) is 4.25. The first-order valence-corrected chi connectivity index (χ1v) is 6.90. The van der Waals surface area contributed by atoms with Gasteiger partial charge >= 0.3 is 0 Å². The van der Waals surface area contributed by atoms with E-state index in [0.717, 1.165) is 16.1 Å². The van der Waals surface area contributed by atoms with Gasteiger partial charge in [-0.25, -0.2) is 0 Å². The van der Waals surface area contributed by atoms with E-state index in [1.165, 1.54) is 0 Å². The van der Waals surface area contributed by atoms with Crippen LogP contribution in [0.25, 0.3) is 0 Å². The highest BCUT2D eigenvalue weighted by Gasteiger charge is 2.23. The number of hydrogen-bond donors (Lipinski definition) is 3. The third-order valence-electron chi connectivity index (χ3n) is 3.08. The topological polar surface area (TPSA) is 61.4 Å². The van der Waals surface area contributed by atoms with Gasteiger partial charge in [-0.05, 0) is 31.7 Å². The lowest BCUT2D eigenvalue weighted by atomic mass is 9.99. The van der Waals surface area contributed by atoms with Gasteiger partial charge in [0.05, 0.1) is 17.5 Å². The Morgan fingerprint density at radius 3 is 3.00 bits per heavy atom. The molecule has 0 fully saturated rings. The van der Waals surface area contributed by atoms with E-state index in [1.807, 2.05) is 32.2 Å². The van der Waals surface area contributed by atoms with Crippen LogP contribution in [0.4, 0.5) is 5.69 Å². The Labute approximate surface area is 111 Å². The first kappa shape index (κ1) is 13.4. The van der Waals surface area contributed by atoms with E-state index >= 15 is 0 Å². The molecule has 0 saturated heterocycles. The van der Waals surface area contributed by atoms with Crippen LogP contribution in [0.5, 0.6) is 0 Å². The fourth-order valence-corrected chi connectivity index (χ4v) is 2.94. The number of nitrogens with one attached hydrogen (secondary N) is 2. The van der Waals surface area contributed by atoms with Crippen molar-refractivity contribution in [1.82, 2.24) is 5.32 Å². The molecular formula is C13H18N2O2S. The van der Waals surface area contributed by atoms with Crippen molar-refractivity contribution in [1.29, 1.82) is 0 Å². The molecule has 1 aromatic carbocycles. The van der Waals surface area contributed by atoms with Gasteiger partial charge in [0, 0.05) is 17.4 Å². The maximum atomic E-state index is 11.6. The van der Waals surface area contributed by atoms with Crippen molar-refractivity contribution in [3.63, 3.8) is 0 Å². The van der Waals surface area contributed by atoms with Crippen molar-refractivity contribution < 1.29 is 9.90 Å². The average molecular weight is 266 g/mol. The van der Waals surface area contributed by atoms with E-state index in [-0.39, 0.29) is 23.7 Å². The summed E-state index contributed by atoms with van der Waals surface area (Å²) in [6.45, 7) is 2.71. The molecule has 1 aliphatic heterocycles. The highest BCUT2D eigenvalue weighted by Crippen LogP contribution is 2.37. The maximum absolute atomic E-state index is 11.6. The molecule has 18 heavy (non-hydrogen) atoms. The van der Waals surface area contributed by atoms with Gasteiger partial charge in [-0.2, -0.15) is 0 Å². The Balaban J connectivity index is 2.26. The number of fused-ring (bicyclic) bond motifs is 1. The van der Waals surface area contributed by atoms with Gasteiger partial charge < -0.3 is 15.7 Å². The number of thioether (sulfide) groups is 1. The van der Waals surface area contributed by atoms with Crippen LogP contribution < -0.4 is 10.6 Å². The molecule has 0 bridgehead atoms. The summed E-state index contributed by atoms with van der Waals surface area (Å²) >= 11 is 1.57. The van der Waals surface area contributed by atoms with Crippen LogP contribution in [0.3, 0.4) is 0 Å². The van der Waals surface area contributed by atoms with Gasteiger partial charge in [0.25, 0.3) is 0 Å². The average Bonchev–Trinajstić information content (AvgIpc) is 2.37. The lowest BCUT2D eigenvalue weighted by Crippen LogP contribution is -2.27. The fourth-order valence-electron chi connectivity index (χ4n) is 2.01. The summed E-state index contributed by atoms with van der Waals surface area (Å²) in [6.07, 6.45) is 0. The SMILES string of the molecule is CNCC(CO)c1ccc2c(c1)NC(=O)C(C)S2. The first-order chi connectivity index (χ1) is 8.65. The smallest absolute Gasteiger partial charge is 0.237 e. The molecule has 1 amide bonds. The van der Waals surface area contributed by atoms with Crippen molar-refractivity contribution in [2.45, 2.75) is 23.0 Å². The van der Waals surface area contributed by atoms with Crippen molar-refractivity contribution in [2.75, 3.05) is 25.5 Å². The minimum absolute atomic E-state index is 0.0406. The number of carbonyl (C=O) groups is 1. The normalized spacial score (nSPS) is 20.2. The largest absolute Gasteiger partial charge is 0.396 e. The number of hydrogen-bond acceptors (Lipinski definition) is 4. The summed E-state index contributed by atoms with van der Waals surface area (Å²) in [6, 6.07) is 6.00. The van der Waals surface area contributed by atoms with Crippen molar-refractivity contribution >= 4 is 23.4 Å². The molecule has 1 heterocycles. The maximum Gasteiger partial charge on any atom is 0.237 e. The van der Waals surface area contributed by atoms with E-state index in [9.17, 15) is 9.90 Å².